The van der Waals surface area contributed by atoms with E-state index in [2.05, 4.69) is 28.5 Å². The summed E-state index contributed by atoms with van der Waals surface area (Å²) >= 11 is 1.74. The van der Waals surface area contributed by atoms with Crippen LogP contribution in [0.2, 0.25) is 0 Å². The van der Waals surface area contributed by atoms with Gasteiger partial charge in [0.25, 0.3) is 0 Å². The topological polar surface area (TPSA) is 57.5 Å². The molecular formula is C20H29N3O2S. The van der Waals surface area contributed by atoms with E-state index in [-0.39, 0.29) is 6.03 Å². The number of carbonyl (C=O) groups excluding carboxylic acids is 1. The Morgan fingerprint density at radius 2 is 1.77 bits per heavy atom. The summed E-state index contributed by atoms with van der Waals surface area (Å²) in [5.74, 6) is 3.60. The minimum atomic E-state index is -0.164. The Bertz CT molecular complexity index is 741. The number of anilines is 1. The number of hydrogen-bond acceptors (Lipinski definition) is 4. The summed E-state index contributed by atoms with van der Waals surface area (Å²) in [5, 5.41) is 5.83. The van der Waals surface area contributed by atoms with Gasteiger partial charge in [-0.2, -0.15) is 11.8 Å². The van der Waals surface area contributed by atoms with Gasteiger partial charge in [-0.15, -0.1) is 0 Å². The van der Waals surface area contributed by atoms with Gasteiger partial charge in [-0.1, -0.05) is 6.07 Å². The van der Waals surface area contributed by atoms with Crippen molar-refractivity contribution in [3.63, 3.8) is 0 Å². The zero-order valence-corrected chi connectivity index (χ0v) is 17.1. The highest BCUT2D eigenvalue weighted by Gasteiger charge is 2.07. The largest absolute Gasteiger partial charge is 0.464 e. The van der Waals surface area contributed by atoms with Crippen molar-refractivity contribution in [1.29, 1.82) is 0 Å². The Labute approximate surface area is 160 Å². The molecule has 0 spiro atoms. The molecule has 0 atom stereocenters. The molecule has 1 aromatic heterocycles. The zero-order valence-electron chi connectivity index (χ0n) is 16.3. The van der Waals surface area contributed by atoms with Crippen LogP contribution >= 0.6 is 11.8 Å². The molecule has 0 bridgehead atoms. The molecule has 0 saturated heterocycles. The number of hydrogen-bond donors (Lipinski definition) is 2. The van der Waals surface area contributed by atoms with E-state index < -0.39 is 0 Å². The first-order valence-corrected chi connectivity index (χ1v) is 9.93. The Hall–Kier alpha value is -1.92. The van der Waals surface area contributed by atoms with Gasteiger partial charge in [-0.05, 0) is 69.8 Å². The molecular weight excluding hydrogens is 346 g/mol. The van der Waals surface area contributed by atoms with Gasteiger partial charge >= 0.3 is 6.03 Å². The minimum Gasteiger partial charge on any atom is -0.464 e. The lowest BCUT2D eigenvalue weighted by atomic mass is 10.1. The van der Waals surface area contributed by atoms with Gasteiger partial charge in [0, 0.05) is 18.0 Å². The average Bonchev–Trinajstić information content (AvgIpc) is 2.99. The van der Waals surface area contributed by atoms with Crippen LogP contribution in [0.15, 0.2) is 28.7 Å². The van der Waals surface area contributed by atoms with Crippen LogP contribution in [0.1, 0.15) is 28.2 Å². The third-order valence-electron chi connectivity index (χ3n) is 4.05. The number of urea groups is 1. The molecule has 5 nitrogen and oxygen atoms in total. The fraction of sp³-hybridized carbons (Fsp3) is 0.450. The Balaban J connectivity index is 1.67. The summed E-state index contributed by atoms with van der Waals surface area (Å²) in [5.41, 5.74) is 4.34. The average molecular weight is 376 g/mol. The van der Waals surface area contributed by atoms with Crippen molar-refractivity contribution in [1.82, 2.24) is 10.2 Å². The molecule has 0 aliphatic carbocycles. The molecule has 2 amide bonds. The number of carbonyl (C=O) groups is 1. The van der Waals surface area contributed by atoms with Gasteiger partial charge in [-0.3, -0.25) is 0 Å². The summed E-state index contributed by atoms with van der Waals surface area (Å²) in [6.45, 7) is 7.56. The Morgan fingerprint density at radius 1 is 1.08 bits per heavy atom. The fourth-order valence-electron chi connectivity index (χ4n) is 2.57. The second-order valence-electron chi connectivity index (χ2n) is 6.79. The maximum Gasteiger partial charge on any atom is 0.319 e. The predicted molar refractivity (Wildman–Crippen MR) is 110 cm³/mol. The quantitative estimate of drug-likeness (QED) is 0.675. The van der Waals surface area contributed by atoms with Crippen LogP contribution in [0.4, 0.5) is 10.5 Å². The van der Waals surface area contributed by atoms with Gasteiger partial charge < -0.3 is 20.0 Å². The molecule has 1 heterocycles. The third-order valence-corrected chi connectivity index (χ3v) is 5.04. The second-order valence-corrected chi connectivity index (χ2v) is 7.90. The van der Waals surface area contributed by atoms with Crippen LogP contribution in [0.25, 0.3) is 0 Å². The van der Waals surface area contributed by atoms with Crippen molar-refractivity contribution in [2.45, 2.75) is 33.1 Å². The highest BCUT2D eigenvalue weighted by molar-refractivity contribution is 7.98. The van der Waals surface area contributed by atoms with Crippen LogP contribution in [0, 0.1) is 20.8 Å². The number of thioether (sulfide) groups is 1. The molecule has 0 saturated carbocycles. The molecule has 2 aromatic rings. The van der Waals surface area contributed by atoms with Crippen molar-refractivity contribution < 1.29 is 9.21 Å². The lowest BCUT2D eigenvalue weighted by molar-refractivity contribution is 0.252. The van der Waals surface area contributed by atoms with E-state index in [0.717, 1.165) is 40.8 Å². The third kappa shape index (κ3) is 6.42. The molecule has 0 aliphatic heterocycles. The second kappa shape index (κ2) is 9.69. The first kappa shape index (κ1) is 20.4. The van der Waals surface area contributed by atoms with Crippen LogP contribution in [0.5, 0.6) is 0 Å². The first-order chi connectivity index (χ1) is 12.3. The number of aryl methyl sites for hydroxylation is 3. The molecule has 0 unspecified atom stereocenters. The zero-order chi connectivity index (χ0) is 19.1. The van der Waals surface area contributed by atoms with Gasteiger partial charge in [0.05, 0.1) is 12.3 Å². The SMILES string of the molecule is Cc1cc(C)c(NC(=O)NCCSCc2ccc(CN(C)C)o2)cc1C. The van der Waals surface area contributed by atoms with Crippen LogP contribution in [-0.4, -0.2) is 37.3 Å². The van der Waals surface area contributed by atoms with Crippen molar-refractivity contribution >= 4 is 23.5 Å². The standard InChI is InChI=1S/C20H29N3O2S/c1-14-10-16(3)19(11-15(14)2)22-20(24)21-8-9-26-13-18-7-6-17(25-18)12-23(4)5/h6-7,10-11H,8-9,12-13H2,1-5H3,(H2,21,22,24). The number of rotatable bonds is 8. The smallest absolute Gasteiger partial charge is 0.319 e. The van der Waals surface area contributed by atoms with E-state index in [1.165, 1.54) is 11.1 Å². The van der Waals surface area contributed by atoms with Crippen LogP contribution in [0.3, 0.4) is 0 Å². The lowest BCUT2D eigenvalue weighted by Gasteiger charge is -2.12. The van der Waals surface area contributed by atoms with E-state index in [1.54, 1.807) is 11.8 Å². The van der Waals surface area contributed by atoms with Gasteiger partial charge in [0.2, 0.25) is 0 Å². The van der Waals surface area contributed by atoms with Crippen LogP contribution < -0.4 is 10.6 Å². The van der Waals surface area contributed by atoms with E-state index in [4.69, 9.17) is 4.42 Å². The highest BCUT2D eigenvalue weighted by Crippen LogP contribution is 2.20. The maximum absolute atomic E-state index is 12.0. The molecule has 2 N–H and O–H groups in total. The summed E-state index contributed by atoms with van der Waals surface area (Å²) in [6.07, 6.45) is 0. The van der Waals surface area contributed by atoms with Gasteiger partial charge in [-0.25, -0.2) is 4.79 Å². The monoisotopic (exact) mass is 375 g/mol. The summed E-state index contributed by atoms with van der Waals surface area (Å²) in [6, 6.07) is 7.99. The van der Waals surface area contributed by atoms with Crippen molar-refractivity contribution in [3.8, 4) is 0 Å². The summed E-state index contributed by atoms with van der Waals surface area (Å²) in [4.78, 5) is 14.1. The number of benzene rings is 1. The normalized spacial score (nSPS) is 11.0. The predicted octanol–water partition coefficient (Wildman–Crippen LogP) is 4.32. The molecule has 26 heavy (non-hydrogen) atoms. The first-order valence-electron chi connectivity index (χ1n) is 8.78. The van der Waals surface area contributed by atoms with Crippen molar-refractivity contribution in [3.05, 3.63) is 52.5 Å². The molecule has 142 valence electrons. The van der Waals surface area contributed by atoms with Crippen molar-refractivity contribution in [2.24, 2.45) is 0 Å². The van der Waals surface area contributed by atoms with Gasteiger partial charge in [0.15, 0.2) is 0 Å². The highest BCUT2D eigenvalue weighted by atomic mass is 32.2. The molecule has 0 aliphatic rings. The van der Waals surface area contributed by atoms with E-state index in [0.29, 0.717) is 6.54 Å². The maximum atomic E-state index is 12.0. The van der Waals surface area contributed by atoms with Crippen molar-refractivity contribution in [2.75, 3.05) is 31.7 Å². The number of nitrogens with one attached hydrogen (secondary N) is 2. The van der Waals surface area contributed by atoms with Crippen LogP contribution in [-0.2, 0) is 12.3 Å². The molecule has 2 rings (SSSR count). The van der Waals surface area contributed by atoms with E-state index >= 15 is 0 Å². The van der Waals surface area contributed by atoms with Gasteiger partial charge in [0.1, 0.15) is 11.5 Å². The molecule has 6 heteroatoms. The summed E-state index contributed by atoms with van der Waals surface area (Å²) < 4.78 is 5.77. The Morgan fingerprint density at radius 3 is 2.50 bits per heavy atom. The molecule has 0 fully saturated rings. The molecule has 0 radical (unpaired) electrons. The molecule has 1 aromatic carbocycles. The number of furan rings is 1. The summed E-state index contributed by atoms with van der Waals surface area (Å²) in [7, 11) is 4.04. The lowest BCUT2D eigenvalue weighted by Crippen LogP contribution is -2.30. The number of amides is 2. The Kier molecular flexibility index (Phi) is 7.60. The minimum absolute atomic E-state index is 0.164. The number of nitrogens with zero attached hydrogens (tertiary/aromatic N) is 1. The fourth-order valence-corrected chi connectivity index (χ4v) is 3.31. The van der Waals surface area contributed by atoms with E-state index in [1.807, 2.05) is 46.1 Å². The van der Waals surface area contributed by atoms with E-state index in [9.17, 15) is 4.79 Å².